The summed E-state index contributed by atoms with van der Waals surface area (Å²) in [6, 6.07) is 17.7. The summed E-state index contributed by atoms with van der Waals surface area (Å²) in [7, 11) is 1.51. The Bertz CT molecular complexity index is 1160. The summed E-state index contributed by atoms with van der Waals surface area (Å²) in [4.78, 5) is 31.5. The summed E-state index contributed by atoms with van der Waals surface area (Å²) in [5.74, 6) is -1.06. The number of rotatable bonds is 4. The minimum atomic E-state index is -0.884. The summed E-state index contributed by atoms with van der Waals surface area (Å²) in [5, 5.41) is 11.5. The van der Waals surface area contributed by atoms with Crippen LogP contribution in [0.3, 0.4) is 0 Å². The van der Waals surface area contributed by atoms with Gasteiger partial charge in [0.2, 0.25) is 0 Å². The summed E-state index contributed by atoms with van der Waals surface area (Å²) in [5.41, 5.74) is 0.901. The first-order valence-electron chi connectivity index (χ1n) is 9.13. The molecule has 1 aliphatic rings. The first-order chi connectivity index (χ1) is 14.5. The van der Waals surface area contributed by atoms with Gasteiger partial charge in [0, 0.05) is 16.8 Å². The molecule has 0 aliphatic carbocycles. The van der Waals surface area contributed by atoms with Gasteiger partial charge in [-0.3, -0.25) is 14.5 Å². The molecule has 4 rings (SSSR count). The second kappa shape index (κ2) is 8.00. The van der Waals surface area contributed by atoms with Gasteiger partial charge in [-0.2, -0.15) is 0 Å². The Labute approximate surface area is 178 Å². The summed E-state index contributed by atoms with van der Waals surface area (Å²) < 4.78 is 5.21. The molecule has 2 heterocycles. The fourth-order valence-corrected chi connectivity index (χ4v) is 3.68. The molecule has 1 aromatic heterocycles. The lowest BCUT2D eigenvalue weighted by atomic mass is 9.95. The maximum atomic E-state index is 13.0. The molecule has 6 nitrogen and oxygen atoms in total. The van der Waals surface area contributed by atoms with E-state index >= 15 is 0 Å². The zero-order valence-corrected chi connectivity index (χ0v) is 16.7. The second-order valence-electron chi connectivity index (χ2n) is 6.64. The number of hydrogen-bond acceptors (Lipinski definition) is 5. The fraction of sp³-hybridized carbons (Fsp3) is 0.0870. The quantitative estimate of drug-likeness (QED) is 0.385. The van der Waals surface area contributed by atoms with E-state index in [0.29, 0.717) is 27.7 Å². The van der Waals surface area contributed by atoms with E-state index in [9.17, 15) is 14.7 Å². The highest BCUT2D eigenvalue weighted by Gasteiger charge is 2.47. The summed E-state index contributed by atoms with van der Waals surface area (Å²) in [6.45, 7) is 0. The molecule has 0 saturated carbocycles. The third-order valence-corrected chi connectivity index (χ3v) is 5.08. The number of carbonyl (C=O) groups excluding carboxylic acids is 2. The summed E-state index contributed by atoms with van der Waals surface area (Å²) >= 11 is 6.17. The van der Waals surface area contributed by atoms with Crippen LogP contribution in [0.2, 0.25) is 5.02 Å². The largest absolute Gasteiger partial charge is 0.507 e. The van der Waals surface area contributed by atoms with Crippen molar-refractivity contribution in [3.05, 3.63) is 94.6 Å². The molecule has 1 unspecified atom stereocenters. The fourth-order valence-electron chi connectivity index (χ4n) is 3.48. The van der Waals surface area contributed by atoms with Gasteiger partial charge in [0.15, 0.2) is 0 Å². The second-order valence-corrected chi connectivity index (χ2v) is 7.08. The number of pyridine rings is 1. The van der Waals surface area contributed by atoms with Gasteiger partial charge in [-0.15, -0.1) is 0 Å². The van der Waals surface area contributed by atoms with E-state index in [0.717, 1.165) is 0 Å². The van der Waals surface area contributed by atoms with Crippen molar-refractivity contribution in [3.8, 4) is 5.75 Å². The van der Waals surface area contributed by atoms with Crippen LogP contribution in [0.1, 0.15) is 17.2 Å². The van der Waals surface area contributed by atoms with Gasteiger partial charge in [0.25, 0.3) is 5.78 Å². The lowest BCUT2D eigenvalue weighted by Crippen LogP contribution is -2.30. The highest BCUT2D eigenvalue weighted by Crippen LogP contribution is 2.42. The number of halogens is 1. The Balaban J connectivity index is 1.95. The Kier molecular flexibility index (Phi) is 5.25. The Morgan fingerprint density at radius 2 is 1.87 bits per heavy atom. The number of hydrogen-bond donors (Lipinski definition) is 1. The third kappa shape index (κ3) is 3.42. The molecule has 150 valence electrons. The maximum absolute atomic E-state index is 13.0. The lowest BCUT2D eigenvalue weighted by molar-refractivity contribution is -0.132. The smallest absolute Gasteiger partial charge is 0.301 e. The maximum Gasteiger partial charge on any atom is 0.301 e. The SMILES string of the molecule is COc1cccc(/C(O)=C2/C(=O)C(=O)N(c3ccccn3)C2c2cccc(Cl)c2)c1. The lowest BCUT2D eigenvalue weighted by Gasteiger charge is -2.24. The zero-order chi connectivity index (χ0) is 21.3. The number of benzene rings is 2. The van der Waals surface area contributed by atoms with Crippen molar-refractivity contribution in [3.63, 3.8) is 0 Å². The van der Waals surface area contributed by atoms with Crippen LogP contribution in [0.5, 0.6) is 5.75 Å². The molecule has 1 saturated heterocycles. The van der Waals surface area contributed by atoms with Crippen molar-refractivity contribution < 1.29 is 19.4 Å². The highest BCUT2D eigenvalue weighted by atomic mass is 35.5. The van der Waals surface area contributed by atoms with Crippen molar-refractivity contribution in [2.45, 2.75) is 6.04 Å². The average Bonchev–Trinajstić information content (AvgIpc) is 3.04. The summed E-state index contributed by atoms with van der Waals surface area (Å²) in [6.07, 6.45) is 1.53. The zero-order valence-electron chi connectivity index (χ0n) is 15.9. The van der Waals surface area contributed by atoms with E-state index in [1.807, 2.05) is 0 Å². The van der Waals surface area contributed by atoms with Crippen LogP contribution in [0.15, 0.2) is 78.5 Å². The first kappa shape index (κ1) is 19.7. The van der Waals surface area contributed by atoms with Gasteiger partial charge >= 0.3 is 5.91 Å². The molecular formula is C23H17ClN2O4. The van der Waals surface area contributed by atoms with Gasteiger partial charge in [-0.1, -0.05) is 41.9 Å². The minimum Gasteiger partial charge on any atom is -0.507 e. The van der Waals surface area contributed by atoms with Crippen LogP contribution in [0.4, 0.5) is 5.82 Å². The molecule has 1 atom stereocenters. The van der Waals surface area contributed by atoms with Gasteiger partial charge in [0.05, 0.1) is 18.7 Å². The van der Waals surface area contributed by atoms with Gasteiger partial charge in [-0.05, 0) is 42.0 Å². The average molecular weight is 421 g/mol. The molecule has 2 aromatic carbocycles. The molecule has 1 fully saturated rings. The van der Waals surface area contributed by atoms with E-state index in [1.54, 1.807) is 66.7 Å². The molecule has 1 amide bonds. The third-order valence-electron chi connectivity index (χ3n) is 4.85. The number of ether oxygens (including phenoxy) is 1. The van der Waals surface area contributed by atoms with Crippen LogP contribution in [0, 0.1) is 0 Å². The van der Waals surface area contributed by atoms with Crippen molar-refractivity contribution in [2.24, 2.45) is 0 Å². The number of ketones is 1. The van der Waals surface area contributed by atoms with E-state index < -0.39 is 17.7 Å². The number of carbonyl (C=O) groups is 2. The van der Waals surface area contributed by atoms with E-state index in [2.05, 4.69) is 4.98 Å². The van der Waals surface area contributed by atoms with Crippen molar-refractivity contribution >= 4 is 34.9 Å². The number of anilines is 1. The molecule has 1 aliphatic heterocycles. The minimum absolute atomic E-state index is 0.0406. The Morgan fingerprint density at radius 3 is 2.57 bits per heavy atom. The topological polar surface area (TPSA) is 79.7 Å². The Morgan fingerprint density at radius 1 is 1.07 bits per heavy atom. The molecular weight excluding hydrogens is 404 g/mol. The molecule has 1 N–H and O–H groups in total. The van der Waals surface area contributed by atoms with Crippen LogP contribution in [0.25, 0.3) is 5.76 Å². The normalized spacial score (nSPS) is 17.9. The number of aromatic nitrogens is 1. The molecule has 0 bridgehead atoms. The van der Waals surface area contributed by atoms with Gasteiger partial charge < -0.3 is 9.84 Å². The van der Waals surface area contributed by atoms with E-state index in [-0.39, 0.29) is 11.3 Å². The molecule has 3 aromatic rings. The Hall–Kier alpha value is -3.64. The number of aliphatic hydroxyl groups excluding tert-OH is 1. The molecule has 7 heteroatoms. The van der Waals surface area contributed by atoms with E-state index in [4.69, 9.17) is 16.3 Å². The standard InChI is InChI=1S/C23H17ClN2O4/c1-30-17-9-5-7-15(13-17)21(27)19-20(14-6-4-8-16(24)12-14)26(23(29)22(19)28)18-10-2-3-11-25-18/h2-13,20,27H,1H3/b21-19-. The van der Waals surface area contributed by atoms with Crippen LogP contribution in [-0.4, -0.2) is 28.9 Å². The molecule has 0 radical (unpaired) electrons. The predicted octanol–water partition coefficient (Wildman–Crippen LogP) is 4.37. The van der Waals surface area contributed by atoms with E-state index in [1.165, 1.54) is 18.2 Å². The molecule has 0 spiro atoms. The number of methoxy groups -OCH3 is 1. The predicted molar refractivity (Wildman–Crippen MR) is 113 cm³/mol. The van der Waals surface area contributed by atoms with Crippen LogP contribution in [-0.2, 0) is 9.59 Å². The van der Waals surface area contributed by atoms with Crippen molar-refractivity contribution in [1.29, 1.82) is 0 Å². The first-order valence-corrected chi connectivity index (χ1v) is 9.51. The van der Waals surface area contributed by atoms with Crippen molar-refractivity contribution in [2.75, 3.05) is 12.0 Å². The van der Waals surface area contributed by atoms with Crippen molar-refractivity contribution in [1.82, 2.24) is 4.98 Å². The number of amides is 1. The van der Waals surface area contributed by atoms with Gasteiger partial charge in [0.1, 0.15) is 17.3 Å². The number of Topliss-reactive ketones (excluding diaryl/α,β-unsaturated/α-hetero) is 1. The van der Waals surface area contributed by atoms with Crippen LogP contribution >= 0.6 is 11.6 Å². The van der Waals surface area contributed by atoms with Crippen LogP contribution < -0.4 is 9.64 Å². The number of nitrogens with zero attached hydrogens (tertiary/aromatic N) is 2. The monoisotopic (exact) mass is 420 g/mol. The highest BCUT2D eigenvalue weighted by molar-refractivity contribution is 6.51. The molecule has 30 heavy (non-hydrogen) atoms. The number of aliphatic hydroxyl groups is 1. The van der Waals surface area contributed by atoms with Gasteiger partial charge in [-0.25, -0.2) is 4.98 Å².